The van der Waals surface area contributed by atoms with Gasteiger partial charge in [0.15, 0.2) is 11.0 Å². The molecule has 0 aliphatic heterocycles. The fraction of sp³-hybridized carbons (Fsp3) is 0.0909. The van der Waals surface area contributed by atoms with Crippen LogP contribution >= 0.6 is 11.8 Å². The van der Waals surface area contributed by atoms with Crippen LogP contribution in [0.3, 0.4) is 0 Å². The van der Waals surface area contributed by atoms with Crippen LogP contribution in [-0.4, -0.2) is 36.8 Å². The minimum absolute atomic E-state index is 0.0590. The van der Waals surface area contributed by atoms with E-state index in [1.807, 2.05) is 18.2 Å². The van der Waals surface area contributed by atoms with Crippen molar-refractivity contribution in [2.45, 2.75) is 5.16 Å². The molecule has 8 nitrogen and oxygen atoms in total. The smallest absolute Gasteiger partial charge is 0.296 e. The van der Waals surface area contributed by atoms with Crippen molar-refractivity contribution in [3.05, 3.63) is 29.4 Å². The molecule has 0 fully saturated rings. The Kier molecular flexibility index (Phi) is 3.25. The SMILES string of the molecule is O=NC(=O)CSc1nnc(-c2ccc3[nH]cnc3c2)[nH]1. The van der Waals surface area contributed by atoms with Gasteiger partial charge >= 0.3 is 0 Å². The van der Waals surface area contributed by atoms with Gasteiger partial charge in [0, 0.05) is 10.7 Å². The molecule has 0 spiro atoms. The molecule has 1 aromatic carbocycles. The maximum Gasteiger partial charge on any atom is 0.296 e. The highest BCUT2D eigenvalue weighted by molar-refractivity contribution is 7.99. The minimum Gasteiger partial charge on any atom is -0.345 e. The number of amides is 1. The summed E-state index contributed by atoms with van der Waals surface area (Å²) in [5, 5.41) is 10.7. The molecule has 0 bridgehead atoms. The molecule has 0 saturated carbocycles. The predicted molar refractivity (Wildman–Crippen MR) is 73.0 cm³/mol. The third-order valence-corrected chi connectivity index (χ3v) is 3.44. The van der Waals surface area contributed by atoms with Gasteiger partial charge in [-0.15, -0.1) is 15.1 Å². The molecule has 0 aliphatic rings. The number of aromatic amines is 2. The summed E-state index contributed by atoms with van der Waals surface area (Å²) in [5.41, 5.74) is 2.60. The maximum atomic E-state index is 10.8. The van der Waals surface area contributed by atoms with Crippen LogP contribution in [-0.2, 0) is 4.79 Å². The van der Waals surface area contributed by atoms with Crippen LogP contribution < -0.4 is 0 Å². The number of carbonyl (C=O) groups excluding carboxylic acids is 1. The summed E-state index contributed by atoms with van der Waals surface area (Å²) >= 11 is 1.08. The Labute approximate surface area is 116 Å². The lowest BCUT2D eigenvalue weighted by molar-refractivity contribution is -0.115. The molecule has 0 saturated heterocycles. The van der Waals surface area contributed by atoms with Gasteiger partial charge in [0.25, 0.3) is 5.91 Å². The molecule has 3 aromatic rings. The van der Waals surface area contributed by atoms with Crippen LogP contribution in [0.2, 0.25) is 0 Å². The largest absolute Gasteiger partial charge is 0.345 e. The van der Waals surface area contributed by atoms with Crippen LogP contribution in [0, 0.1) is 4.91 Å². The average Bonchev–Trinajstić information content (AvgIpc) is 3.12. The van der Waals surface area contributed by atoms with E-state index >= 15 is 0 Å². The summed E-state index contributed by atoms with van der Waals surface area (Å²) < 4.78 is 0. The van der Waals surface area contributed by atoms with E-state index in [0.717, 1.165) is 28.4 Å². The molecule has 100 valence electrons. The van der Waals surface area contributed by atoms with Crippen molar-refractivity contribution < 1.29 is 4.79 Å². The van der Waals surface area contributed by atoms with Gasteiger partial charge in [-0.1, -0.05) is 11.8 Å². The van der Waals surface area contributed by atoms with Gasteiger partial charge in [-0.3, -0.25) is 4.79 Å². The molecular formula is C11H8N6O2S. The highest BCUT2D eigenvalue weighted by Crippen LogP contribution is 2.22. The first-order valence-corrected chi connectivity index (χ1v) is 6.60. The van der Waals surface area contributed by atoms with Crippen molar-refractivity contribution >= 4 is 28.7 Å². The zero-order chi connectivity index (χ0) is 13.9. The van der Waals surface area contributed by atoms with Gasteiger partial charge < -0.3 is 9.97 Å². The molecule has 20 heavy (non-hydrogen) atoms. The van der Waals surface area contributed by atoms with Crippen LogP contribution in [0.5, 0.6) is 0 Å². The van der Waals surface area contributed by atoms with Crippen molar-refractivity contribution in [2.24, 2.45) is 5.18 Å². The first kappa shape index (κ1) is 12.5. The third kappa shape index (κ3) is 2.43. The Balaban J connectivity index is 1.81. The summed E-state index contributed by atoms with van der Waals surface area (Å²) in [7, 11) is 0. The van der Waals surface area contributed by atoms with E-state index in [0.29, 0.717) is 11.0 Å². The Bertz CT molecular complexity index is 780. The number of H-pyrrole nitrogens is 2. The second-order valence-electron chi connectivity index (χ2n) is 3.89. The number of hydrogen-bond acceptors (Lipinski definition) is 6. The Morgan fingerprint density at radius 3 is 3.10 bits per heavy atom. The lowest BCUT2D eigenvalue weighted by Gasteiger charge is -1.95. The van der Waals surface area contributed by atoms with Crippen molar-refractivity contribution in [1.29, 1.82) is 0 Å². The Morgan fingerprint density at radius 2 is 2.25 bits per heavy atom. The molecular weight excluding hydrogens is 280 g/mol. The van der Waals surface area contributed by atoms with Gasteiger partial charge in [-0.25, -0.2) is 4.98 Å². The molecule has 0 atom stereocenters. The van der Waals surface area contributed by atoms with Gasteiger partial charge in [0.05, 0.1) is 23.1 Å². The second-order valence-corrected chi connectivity index (χ2v) is 4.85. The number of aromatic nitrogens is 5. The fourth-order valence-corrected chi connectivity index (χ4v) is 2.26. The molecule has 0 unspecified atom stereocenters. The van der Waals surface area contributed by atoms with E-state index in [4.69, 9.17) is 0 Å². The molecule has 3 rings (SSSR count). The highest BCUT2D eigenvalue weighted by atomic mass is 32.2. The summed E-state index contributed by atoms with van der Waals surface area (Å²) in [4.78, 5) is 30.9. The standard InChI is InChI=1S/C11H8N6O2S/c18-9(17-19)4-20-11-14-10(15-16-11)6-1-2-7-8(3-6)13-5-12-7/h1-3,5H,4H2,(H,12,13)(H,14,15,16). The molecule has 2 aromatic heterocycles. The fourth-order valence-electron chi connectivity index (χ4n) is 1.68. The van der Waals surface area contributed by atoms with E-state index in [2.05, 4.69) is 30.3 Å². The van der Waals surface area contributed by atoms with Crippen molar-refractivity contribution in [3.8, 4) is 11.4 Å². The summed E-state index contributed by atoms with van der Waals surface area (Å²) in [5.74, 6) is -0.217. The number of hydrogen-bond donors (Lipinski definition) is 2. The predicted octanol–water partition coefficient (Wildman–Crippen LogP) is 1.73. The minimum atomic E-state index is -0.731. The monoisotopic (exact) mass is 288 g/mol. The lowest BCUT2D eigenvalue weighted by Crippen LogP contribution is -1.95. The maximum absolute atomic E-state index is 10.8. The average molecular weight is 288 g/mol. The second kappa shape index (κ2) is 5.21. The summed E-state index contributed by atoms with van der Waals surface area (Å²) in [6, 6.07) is 5.65. The van der Waals surface area contributed by atoms with Gasteiger partial charge in [0.1, 0.15) is 0 Å². The van der Waals surface area contributed by atoms with Crippen LogP contribution in [0.25, 0.3) is 22.4 Å². The normalized spacial score (nSPS) is 10.8. The number of imidazole rings is 1. The highest BCUT2D eigenvalue weighted by Gasteiger charge is 2.09. The van der Waals surface area contributed by atoms with Gasteiger partial charge in [0.2, 0.25) is 0 Å². The number of benzene rings is 1. The quantitative estimate of drug-likeness (QED) is 0.557. The van der Waals surface area contributed by atoms with Crippen LogP contribution in [0.4, 0.5) is 0 Å². The zero-order valence-corrected chi connectivity index (χ0v) is 10.8. The summed E-state index contributed by atoms with van der Waals surface area (Å²) in [6.07, 6.45) is 1.62. The zero-order valence-electron chi connectivity index (χ0n) is 10.0. The van der Waals surface area contributed by atoms with Crippen molar-refractivity contribution in [3.63, 3.8) is 0 Å². The van der Waals surface area contributed by atoms with E-state index in [1.54, 1.807) is 6.33 Å². The van der Waals surface area contributed by atoms with Crippen molar-refractivity contribution in [2.75, 3.05) is 5.75 Å². The van der Waals surface area contributed by atoms with E-state index in [-0.39, 0.29) is 5.75 Å². The summed E-state index contributed by atoms with van der Waals surface area (Å²) in [6.45, 7) is 0. The molecule has 0 aliphatic carbocycles. The Morgan fingerprint density at radius 1 is 1.35 bits per heavy atom. The van der Waals surface area contributed by atoms with Gasteiger partial charge in [-0.05, 0) is 18.2 Å². The van der Waals surface area contributed by atoms with Crippen LogP contribution in [0.1, 0.15) is 0 Å². The van der Waals surface area contributed by atoms with Gasteiger partial charge in [-0.2, -0.15) is 0 Å². The molecule has 9 heteroatoms. The first-order valence-electron chi connectivity index (χ1n) is 5.61. The molecule has 2 N–H and O–H groups in total. The Hall–Kier alpha value is -2.55. The number of nitrogens with one attached hydrogen (secondary N) is 2. The third-order valence-electron chi connectivity index (χ3n) is 2.60. The topological polar surface area (TPSA) is 117 Å². The number of rotatable bonds is 4. The van der Waals surface area contributed by atoms with E-state index in [1.165, 1.54) is 0 Å². The number of nitroso groups, excluding NO2 is 1. The molecule has 0 radical (unpaired) electrons. The van der Waals surface area contributed by atoms with Crippen LogP contribution in [0.15, 0.2) is 34.9 Å². The number of fused-ring (bicyclic) bond motifs is 1. The molecule has 1 amide bonds. The van der Waals surface area contributed by atoms with Crippen molar-refractivity contribution in [1.82, 2.24) is 25.1 Å². The number of thioether (sulfide) groups is 1. The lowest BCUT2D eigenvalue weighted by atomic mass is 10.2. The first-order chi connectivity index (χ1) is 9.76. The number of nitrogens with zero attached hydrogens (tertiary/aromatic N) is 4. The molecule has 2 heterocycles. The van der Waals surface area contributed by atoms with E-state index < -0.39 is 5.91 Å². The number of carbonyl (C=O) groups is 1. The van der Waals surface area contributed by atoms with E-state index in [9.17, 15) is 9.70 Å².